The van der Waals surface area contributed by atoms with Crippen LogP contribution in [-0.4, -0.2) is 27.9 Å². The summed E-state index contributed by atoms with van der Waals surface area (Å²) in [5.74, 6) is -0.0236. The van der Waals surface area contributed by atoms with Crippen LogP contribution in [0.4, 0.5) is 0 Å². The van der Waals surface area contributed by atoms with Crippen LogP contribution < -0.4 is 0 Å². The normalized spacial score (nSPS) is 19.6. The number of hydrogen-bond acceptors (Lipinski definition) is 5. The van der Waals surface area contributed by atoms with Gasteiger partial charge < -0.3 is 20.1 Å². The third kappa shape index (κ3) is 10.6. The van der Waals surface area contributed by atoms with E-state index in [-0.39, 0.29) is 5.56 Å². The van der Waals surface area contributed by atoms with Gasteiger partial charge in [-0.1, -0.05) is 116 Å². The largest absolute Gasteiger partial charge is 0.504 e. The second-order valence-corrected chi connectivity index (χ2v) is 10.3. The van der Waals surface area contributed by atoms with Crippen molar-refractivity contribution in [3.05, 3.63) is 17.7 Å². The molecule has 5 nitrogen and oxygen atoms in total. The SMILES string of the molecule is C1CCC2CCCCC2C1.CCCCCCCCCCCCOC(=O)c1cc(O)c(O)c(O)c1. The van der Waals surface area contributed by atoms with Gasteiger partial charge in [0.15, 0.2) is 17.2 Å². The molecule has 0 radical (unpaired) electrons. The molecule has 0 amide bonds. The Morgan fingerprint density at radius 2 is 1.15 bits per heavy atom. The first-order valence-electron chi connectivity index (χ1n) is 13.9. The topological polar surface area (TPSA) is 87.0 Å². The van der Waals surface area contributed by atoms with Crippen LogP contribution in [0.5, 0.6) is 17.2 Å². The lowest BCUT2D eigenvalue weighted by atomic mass is 9.71. The number of ether oxygens (including phenoxy) is 1. The van der Waals surface area contributed by atoms with E-state index in [4.69, 9.17) is 4.74 Å². The molecule has 0 heterocycles. The molecule has 2 aliphatic rings. The van der Waals surface area contributed by atoms with E-state index in [1.54, 1.807) is 25.7 Å². The van der Waals surface area contributed by atoms with Crippen molar-refractivity contribution in [2.24, 2.45) is 11.8 Å². The summed E-state index contributed by atoms with van der Waals surface area (Å²) in [6.07, 6.45) is 24.4. The van der Waals surface area contributed by atoms with Gasteiger partial charge in [0, 0.05) is 0 Å². The van der Waals surface area contributed by atoms with E-state index in [9.17, 15) is 20.1 Å². The van der Waals surface area contributed by atoms with Crippen LogP contribution in [0, 0.1) is 11.8 Å². The van der Waals surface area contributed by atoms with Gasteiger partial charge in [0.05, 0.1) is 12.2 Å². The summed E-state index contributed by atoms with van der Waals surface area (Å²) >= 11 is 0. The lowest BCUT2D eigenvalue weighted by molar-refractivity contribution is 0.0496. The van der Waals surface area contributed by atoms with Gasteiger partial charge >= 0.3 is 5.97 Å². The van der Waals surface area contributed by atoms with E-state index in [2.05, 4.69) is 6.92 Å². The van der Waals surface area contributed by atoms with Crippen LogP contribution in [0.1, 0.15) is 133 Å². The van der Waals surface area contributed by atoms with Gasteiger partial charge in [-0.05, 0) is 30.4 Å². The van der Waals surface area contributed by atoms with Crippen LogP contribution in [-0.2, 0) is 4.74 Å². The minimum Gasteiger partial charge on any atom is -0.504 e. The van der Waals surface area contributed by atoms with Crippen LogP contribution in [0.25, 0.3) is 0 Å². The molecule has 0 atom stereocenters. The number of carbonyl (C=O) groups is 1. The van der Waals surface area contributed by atoms with Crippen LogP contribution >= 0.6 is 0 Å². The molecule has 3 rings (SSSR count). The van der Waals surface area contributed by atoms with E-state index in [0.717, 1.165) is 43.2 Å². The summed E-state index contributed by atoms with van der Waals surface area (Å²) in [6, 6.07) is 2.16. The molecule has 2 fully saturated rings. The Kier molecular flexibility index (Phi) is 13.9. The van der Waals surface area contributed by atoms with Crippen molar-refractivity contribution in [2.75, 3.05) is 6.61 Å². The standard InChI is InChI=1S/C19H30O5.C10H18/c1-2-3-4-5-6-7-8-9-10-11-12-24-19(23)15-13-16(20)18(22)17(21)14-15;1-2-6-10-8-4-3-7-9(10)5-1/h13-14,20-22H,2-12H2,1H3;9-10H,1-8H2. The highest BCUT2D eigenvalue weighted by molar-refractivity contribution is 5.91. The van der Waals surface area contributed by atoms with Crippen molar-refractivity contribution >= 4 is 5.97 Å². The maximum atomic E-state index is 11.8. The maximum Gasteiger partial charge on any atom is 0.338 e. The van der Waals surface area contributed by atoms with Crippen molar-refractivity contribution < 1.29 is 24.9 Å². The van der Waals surface area contributed by atoms with Gasteiger partial charge in [0.25, 0.3) is 0 Å². The number of unbranched alkanes of at least 4 members (excludes halogenated alkanes) is 9. The molecular formula is C29H48O5. The zero-order chi connectivity index (χ0) is 24.6. The minimum absolute atomic E-state index is 0.0230. The fourth-order valence-electron chi connectivity index (χ4n) is 5.42. The second-order valence-electron chi connectivity index (χ2n) is 10.3. The molecule has 34 heavy (non-hydrogen) atoms. The van der Waals surface area contributed by atoms with Crippen molar-refractivity contribution in [1.29, 1.82) is 0 Å². The maximum absolute atomic E-state index is 11.8. The summed E-state index contributed by atoms with van der Waals surface area (Å²) in [6.45, 7) is 2.54. The van der Waals surface area contributed by atoms with E-state index in [1.807, 2.05) is 0 Å². The highest BCUT2D eigenvalue weighted by atomic mass is 16.5. The summed E-state index contributed by atoms with van der Waals surface area (Å²) < 4.78 is 5.11. The number of carbonyl (C=O) groups excluding carboxylic acids is 1. The molecule has 3 N–H and O–H groups in total. The molecule has 2 aliphatic carbocycles. The van der Waals surface area contributed by atoms with Crippen molar-refractivity contribution in [1.82, 2.24) is 0 Å². The molecule has 0 saturated heterocycles. The lowest BCUT2D eigenvalue weighted by Gasteiger charge is -2.35. The number of phenolic OH excluding ortho intramolecular Hbond substituents is 3. The van der Waals surface area contributed by atoms with E-state index in [0.29, 0.717) is 6.61 Å². The zero-order valence-electron chi connectivity index (χ0n) is 21.4. The smallest absolute Gasteiger partial charge is 0.338 e. The highest BCUT2D eigenvalue weighted by Crippen LogP contribution is 2.40. The first-order chi connectivity index (χ1) is 16.5. The molecule has 1 aromatic rings. The Morgan fingerprint density at radius 3 is 1.59 bits per heavy atom. The molecule has 5 heteroatoms. The van der Waals surface area contributed by atoms with Gasteiger partial charge in [0.2, 0.25) is 0 Å². The first kappa shape index (κ1) is 28.3. The fourth-order valence-corrected chi connectivity index (χ4v) is 5.42. The Bertz CT molecular complexity index is 653. The van der Waals surface area contributed by atoms with Gasteiger partial charge in [-0.2, -0.15) is 0 Å². The molecule has 0 unspecified atom stereocenters. The molecular weight excluding hydrogens is 428 g/mol. The molecule has 0 aliphatic heterocycles. The monoisotopic (exact) mass is 476 g/mol. The Balaban J connectivity index is 0.000000333. The lowest BCUT2D eigenvalue weighted by Crippen LogP contribution is -2.22. The van der Waals surface area contributed by atoms with E-state index < -0.39 is 23.2 Å². The second kappa shape index (κ2) is 16.7. The van der Waals surface area contributed by atoms with Crippen LogP contribution in [0.3, 0.4) is 0 Å². The average molecular weight is 477 g/mol. The molecule has 2 saturated carbocycles. The number of phenols is 3. The summed E-state index contributed by atoms with van der Waals surface area (Å²) in [4.78, 5) is 11.8. The third-order valence-corrected chi connectivity index (χ3v) is 7.50. The number of fused-ring (bicyclic) bond motifs is 1. The van der Waals surface area contributed by atoms with Crippen molar-refractivity contribution in [3.8, 4) is 17.2 Å². The van der Waals surface area contributed by atoms with E-state index in [1.165, 1.54) is 70.6 Å². The summed E-state index contributed by atoms with van der Waals surface area (Å²) in [7, 11) is 0. The van der Waals surface area contributed by atoms with Crippen LogP contribution in [0.2, 0.25) is 0 Å². The van der Waals surface area contributed by atoms with Gasteiger partial charge in [-0.15, -0.1) is 0 Å². The Morgan fingerprint density at radius 1 is 0.735 bits per heavy atom. The fraction of sp³-hybridized carbons (Fsp3) is 0.759. The van der Waals surface area contributed by atoms with Crippen LogP contribution in [0.15, 0.2) is 12.1 Å². The van der Waals surface area contributed by atoms with Gasteiger partial charge in [-0.3, -0.25) is 0 Å². The highest BCUT2D eigenvalue weighted by Gasteiger charge is 2.26. The quantitative estimate of drug-likeness (QED) is 0.161. The molecule has 0 spiro atoms. The predicted molar refractivity (Wildman–Crippen MR) is 137 cm³/mol. The molecule has 0 aromatic heterocycles. The predicted octanol–water partition coefficient (Wildman–Crippen LogP) is 8.25. The molecule has 194 valence electrons. The summed E-state index contributed by atoms with van der Waals surface area (Å²) in [5.41, 5.74) is 0.0230. The van der Waals surface area contributed by atoms with Gasteiger partial charge in [0.1, 0.15) is 0 Å². The Hall–Kier alpha value is -1.91. The number of aromatic hydroxyl groups is 3. The third-order valence-electron chi connectivity index (χ3n) is 7.50. The minimum atomic E-state index is -0.638. The summed E-state index contributed by atoms with van der Waals surface area (Å²) in [5, 5.41) is 28.0. The molecule has 0 bridgehead atoms. The average Bonchev–Trinajstić information content (AvgIpc) is 2.86. The number of benzene rings is 1. The number of rotatable bonds is 12. The van der Waals surface area contributed by atoms with E-state index >= 15 is 0 Å². The molecule has 1 aromatic carbocycles. The number of esters is 1. The zero-order valence-corrected chi connectivity index (χ0v) is 21.4. The Labute approximate surface area is 206 Å². The number of hydrogen-bond donors (Lipinski definition) is 3. The first-order valence-corrected chi connectivity index (χ1v) is 13.9. The van der Waals surface area contributed by atoms with Crippen molar-refractivity contribution in [2.45, 2.75) is 122 Å². The van der Waals surface area contributed by atoms with Crippen molar-refractivity contribution in [3.63, 3.8) is 0 Å². The van der Waals surface area contributed by atoms with Gasteiger partial charge in [-0.25, -0.2) is 4.79 Å².